The zero-order valence-corrected chi connectivity index (χ0v) is 11.0. The van der Waals surface area contributed by atoms with Crippen LogP contribution >= 0.6 is 0 Å². The molecule has 0 aromatic carbocycles. The van der Waals surface area contributed by atoms with Crippen molar-refractivity contribution in [2.45, 2.75) is 51.5 Å². The summed E-state index contributed by atoms with van der Waals surface area (Å²) in [5, 5.41) is 9.79. The predicted octanol–water partition coefficient (Wildman–Crippen LogP) is -0.255. The number of epoxide rings is 1. The normalized spacial score (nSPS) is 39.4. The summed E-state index contributed by atoms with van der Waals surface area (Å²) >= 11 is 0. The second-order valence-electron chi connectivity index (χ2n) is 4.60. The molecule has 2 heterocycles. The minimum absolute atomic E-state index is 0.0278. The van der Waals surface area contributed by atoms with Crippen molar-refractivity contribution in [3.05, 3.63) is 0 Å². The quantitative estimate of drug-likeness (QED) is 0.705. The Bertz CT molecular complexity index is 307. The highest BCUT2D eigenvalue weighted by atomic mass is 16.7. The van der Waals surface area contributed by atoms with E-state index in [9.17, 15) is 9.90 Å². The van der Waals surface area contributed by atoms with Gasteiger partial charge in [-0.3, -0.25) is 4.79 Å². The van der Waals surface area contributed by atoms with E-state index in [1.165, 1.54) is 0 Å². The third kappa shape index (κ3) is 2.66. The first kappa shape index (κ1) is 13.7. The molecule has 2 fully saturated rings. The molecule has 104 valence electrons. The zero-order valence-electron chi connectivity index (χ0n) is 11.0. The Morgan fingerprint density at radius 2 is 1.94 bits per heavy atom. The summed E-state index contributed by atoms with van der Waals surface area (Å²) in [6, 6.07) is 0. The van der Waals surface area contributed by atoms with Crippen molar-refractivity contribution >= 4 is 5.91 Å². The van der Waals surface area contributed by atoms with Gasteiger partial charge in [-0.25, -0.2) is 0 Å². The van der Waals surface area contributed by atoms with Gasteiger partial charge in [-0.1, -0.05) is 0 Å². The molecule has 0 unspecified atom stereocenters. The first-order valence-corrected chi connectivity index (χ1v) is 6.47. The summed E-state index contributed by atoms with van der Waals surface area (Å²) in [6.07, 6.45) is -2.40. The van der Waals surface area contributed by atoms with Crippen molar-refractivity contribution in [3.63, 3.8) is 0 Å². The highest BCUT2D eigenvalue weighted by molar-refractivity contribution is 5.84. The second kappa shape index (κ2) is 5.52. The van der Waals surface area contributed by atoms with Crippen LogP contribution in [0, 0.1) is 0 Å². The van der Waals surface area contributed by atoms with Crippen LogP contribution in [-0.4, -0.2) is 66.3 Å². The van der Waals surface area contributed by atoms with Gasteiger partial charge in [0.05, 0.1) is 6.61 Å². The third-order valence-electron chi connectivity index (χ3n) is 3.40. The van der Waals surface area contributed by atoms with E-state index in [0.29, 0.717) is 13.1 Å². The number of nitrogens with zero attached hydrogens (tertiary/aromatic N) is 1. The highest BCUT2D eigenvalue weighted by Gasteiger charge is 2.55. The number of carbonyl (C=O) groups excluding carboxylic acids is 1. The van der Waals surface area contributed by atoms with Crippen molar-refractivity contribution in [3.8, 4) is 0 Å². The summed E-state index contributed by atoms with van der Waals surface area (Å²) in [5.74, 6) is -0.0278. The number of amides is 1. The van der Waals surface area contributed by atoms with Gasteiger partial charge < -0.3 is 24.2 Å². The topological polar surface area (TPSA) is 71.5 Å². The molecule has 1 amide bonds. The van der Waals surface area contributed by atoms with E-state index in [-0.39, 0.29) is 24.9 Å². The molecular weight excluding hydrogens is 238 g/mol. The Morgan fingerprint density at radius 1 is 1.28 bits per heavy atom. The second-order valence-corrected chi connectivity index (χ2v) is 4.60. The Labute approximate surface area is 107 Å². The monoisotopic (exact) mass is 259 g/mol. The molecule has 2 aliphatic heterocycles. The molecule has 0 aromatic heterocycles. The van der Waals surface area contributed by atoms with Gasteiger partial charge in [-0.05, 0) is 20.8 Å². The molecule has 1 N–H and O–H groups in total. The first-order valence-electron chi connectivity index (χ1n) is 6.47. The van der Waals surface area contributed by atoms with Crippen LogP contribution in [0.5, 0.6) is 0 Å². The predicted molar refractivity (Wildman–Crippen MR) is 62.9 cm³/mol. The molecule has 6 heteroatoms. The largest absolute Gasteiger partial charge is 0.388 e. The zero-order chi connectivity index (χ0) is 13.3. The van der Waals surface area contributed by atoms with Gasteiger partial charge in [-0.2, -0.15) is 0 Å². The fraction of sp³-hybridized carbons (Fsp3) is 0.917. The maximum Gasteiger partial charge on any atom is 0.254 e. The number of aliphatic hydroxyl groups is 1. The van der Waals surface area contributed by atoms with Crippen LogP contribution < -0.4 is 0 Å². The maximum absolute atomic E-state index is 12.0. The van der Waals surface area contributed by atoms with Crippen LogP contribution in [0.15, 0.2) is 0 Å². The molecule has 0 bridgehead atoms. The van der Waals surface area contributed by atoms with Gasteiger partial charge in [0.2, 0.25) is 0 Å². The molecule has 0 aromatic rings. The van der Waals surface area contributed by atoms with Gasteiger partial charge in [-0.15, -0.1) is 0 Å². The molecule has 5 atom stereocenters. The molecular formula is C12H21NO5. The van der Waals surface area contributed by atoms with Crippen molar-refractivity contribution < 1.29 is 24.1 Å². The highest BCUT2D eigenvalue weighted by Crippen LogP contribution is 2.33. The average Bonchev–Trinajstić information content (AvgIpc) is 3.13. The van der Waals surface area contributed by atoms with Crippen molar-refractivity contribution in [2.75, 3.05) is 19.7 Å². The summed E-state index contributed by atoms with van der Waals surface area (Å²) in [7, 11) is 0. The van der Waals surface area contributed by atoms with Crippen LogP contribution in [0.1, 0.15) is 20.8 Å². The van der Waals surface area contributed by atoms with E-state index in [2.05, 4.69) is 0 Å². The van der Waals surface area contributed by atoms with Gasteiger partial charge in [0, 0.05) is 13.1 Å². The number of aliphatic hydroxyl groups excluding tert-OH is 1. The van der Waals surface area contributed by atoms with E-state index < -0.39 is 18.3 Å². The molecule has 2 aliphatic rings. The summed E-state index contributed by atoms with van der Waals surface area (Å²) < 4.78 is 16.0. The molecule has 6 nitrogen and oxygen atoms in total. The maximum atomic E-state index is 12.0. The van der Waals surface area contributed by atoms with Gasteiger partial charge in [0.1, 0.15) is 18.3 Å². The lowest BCUT2D eigenvalue weighted by molar-refractivity contribution is -0.247. The Kier molecular flexibility index (Phi) is 4.21. The lowest BCUT2D eigenvalue weighted by atomic mass is 10.1. The Morgan fingerprint density at radius 3 is 2.56 bits per heavy atom. The molecule has 0 radical (unpaired) electrons. The average molecular weight is 259 g/mol. The van der Waals surface area contributed by atoms with Crippen molar-refractivity contribution in [1.82, 2.24) is 4.90 Å². The smallest absolute Gasteiger partial charge is 0.254 e. The lowest BCUT2D eigenvalue weighted by Gasteiger charge is -2.31. The summed E-state index contributed by atoms with van der Waals surface area (Å²) in [6.45, 7) is 7.17. The first-order chi connectivity index (χ1) is 8.58. The molecule has 0 spiro atoms. The van der Waals surface area contributed by atoms with E-state index in [0.717, 1.165) is 0 Å². The van der Waals surface area contributed by atoms with Crippen LogP contribution in [0.2, 0.25) is 0 Å². The third-order valence-corrected chi connectivity index (χ3v) is 3.40. The number of likely N-dealkylation sites (N-methyl/N-ethyl adjacent to an activating group) is 1. The number of hydrogen-bond acceptors (Lipinski definition) is 5. The molecule has 2 rings (SSSR count). The van der Waals surface area contributed by atoms with E-state index in [4.69, 9.17) is 14.2 Å². The fourth-order valence-corrected chi connectivity index (χ4v) is 2.26. The Hall–Kier alpha value is -0.690. The number of carbonyl (C=O) groups is 1. The summed E-state index contributed by atoms with van der Waals surface area (Å²) in [4.78, 5) is 13.8. The van der Waals surface area contributed by atoms with E-state index >= 15 is 0 Å². The van der Waals surface area contributed by atoms with Crippen molar-refractivity contribution in [2.24, 2.45) is 0 Å². The molecule has 18 heavy (non-hydrogen) atoms. The van der Waals surface area contributed by atoms with Crippen LogP contribution in [0.4, 0.5) is 0 Å². The fourth-order valence-electron chi connectivity index (χ4n) is 2.26. The van der Waals surface area contributed by atoms with Gasteiger partial charge in [0.15, 0.2) is 12.4 Å². The van der Waals surface area contributed by atoms with E-state index in [1.807, 2.05) is 13.8 Å². The van der Waals surface area contributed by atoms with Gasteiger partial charge >= 0.3 is 0 Å². The lowest BCUT2D eigenvalue weighted by Crippen LogP contribution is -2.47. The number of rotatable bonds is 4. The Balaban J connectivity index is 1.91. The van der Waals surface area contributed by atoms with Crippen LogP contribution in [0.3, 0.4) is 0 Å². The molecule has 0 aliphatic carbocycles. The molecule has 0 saturated carbocycles. The molecule has 2 saturated heterocycles. The standard InChI is InChI=1S/C12H21NO5/c1-4-13(5-2)12(15)11-10(18-11)9-8(14)6-16-7(3)17-9/h7-11,14H,4-6H2,1-3H3/t7-,8-,9-,10-,11+/m1/s1. The van der Waals surface area contributed by atoms with Gasteiger partial charge in [0.25, 0.3) is 5.91 Å². The minimum atomic E-state index is -0.735. The number of ether oxygens (including phenoxy) is 3. The number of hydrogen-bond donors (Lipinski definition) is 1. The SMILES string of the molecule is CCN(CC)C(=O)[C@H]1O[C@@H]1[C@@H]1O[C@H](C)OC[C@H]1O. The van der Waals surface area contributed by atoms with E-state index in [1.54, 1.807) is 11.8 Å². The minimum Gasteiger partial charge on any atom is -0.388 e. The van der Waals surface area contributed by atoms with Crippen molar-refractivity contribution in [1.29, 1.82) is 0 Å². The van der Waals surface area contributed by atoms with Crippen LogP contribution in [0.25, 0.3) is 0 Å². The summed E-state index contributed by atoms with van der Waals surface area (Å²) in [5.41, 5.74) is 0. The van der Waals surface area contributed by atoms with Crippen LogP contribution in [-0.2, 0) is 19.0 Å².